The van der Waals surface area contributed by atoms with Crippen LogP contribution in [0.1, 0.15) is 6.92 Å². The smallest absolute Gasteiger partial charge is 0.0951 e. The Hall–Kier alpha value is -1.13. The summed E-state index contributed by atoms with van der Waals surface area (Å²) < 4.78 is 2.09. The van der Waals surface area contributed by atoms with E-state index in [1.54, 1.807) is 11.3 Å². The molecule has 2 rings (SSSR count). The van der Waals surface area contributed by atoms with Crippen LogP contribution in [0.3, 0.4) is 0 Å². The van der Waals surface area contributed by atoms with Crippen molar-refractivity contribution in [2.45, 2.75) is 19.5 Å². The molecule has 0 amide bonds. The number of hydrogen-bond acceptors (Lipinski definition) is 3. The van der Waals surface area contributed by atoms with Gasteiger partial charge in [0.1, 0.15) is 0 Å². The molecule has 0 bridgehead atoms. The number of rotatable bonds is 3. The molecule has 4 heteroatoms. The monoisotopic (exact) mass is 207 g/mol. The molecule has 0 aliphatic heterocycles. The minimum absolute atomic E-state index is 0.155. The number of hydrogen-bond donors (Lipinski definition) is 1. The highest BCUT2D eigenvalue weighted by molar-refractivity contribution is 7.13. The van der Waals surface area contributed by atoms with Crippen LogP contribution in [0.4, 0.5) is 0 Å². The lowest BCUT2D eigenvalue weighted by molar-refractivity contribution is 0.594. The van der Waals surface area contributed by atoms with Crippen LogP contribution >= 0.6 is 11.3 Å². The molecule has 3 nitrogen and oxygen atoms in total. The first kappa shape index (κ1) is 9.43. The first-order chi connectivity index (χ1) is 6.77. The average molecular weight is 207 g/mol. The van der Waals surface area contributed by atoms with Crippen LogP contribution in [0.5, 0.6) is 0 Å². The Morgan fingerprint density at radius 2 is 2.50 bits per heavy atom. The Labute approximate surface area is 87.2 Å². The molecule has 1 unspecified atom stereocenters. The summed E-state index contributed by atoms with van der Waals surface area (Å²) in [6.45, 7) is 2.81. The third kappa shape index (κ3) is 1.86. The molecule has 2 N–H and O–H groups in total. The summed E-state index contributed by atoms with van der Waals surface area (Å²) in [5.74, 6) is 0. The first-order valence-corrected chi connectivity index (χ1v) is 5.45. The van der Waals surface area contributed by atoms with Gasteiger partial charge in [-0.2, -0.15) is 0 Å². The lowest BCUT2D eigenvalue weighted by Crippen LogP contribution is -2.21. The third-order valence-corrected chi connectivity index (χ3v) is 2.86. The van der Waals surface area contributed by atoms with Crippen molar-refractivity contribution >= 4 is 11.3 Å². The van der Waals surface area contributed by atoms with Crippen LogP contribution in [0.25, 0.3) is 10.6 Å². The maximum Gasteiger partial charge on any atom is 0.0951 e. The van der Waals surface area contributed by atoms with Crippen LogP contribution in [0, 0.1) is 0 Å². The predicted octanol–water partition coefficient (Wildman–Crippen LogP) is 1.96. The van der Waals surface area contributed by atoms with Gasteiger partial charge in [0.25, 0.3) is 0 Å². The van der Waals surface area contributed by atoms with Gasteiger partial charge >= 0.3 is 0 Å². The fraction of sp³-hybridized carbons (Fsp3) is 0.300. The number of thiophene rings is 1. The molecule has 0 saturated heterocycles. The van der Waals surface area contributed by atoms with Crippen molar-refractivity contribution < 1.29 is 0 Å². The Bertz CT molecular complexity index is 389. The average Bonchev–Trinajstić information content (AvgIpc) is 2.70. The maximum absolute atomic E-state index is 5.76. The van der Waals surface area contributed by atoms with E-state index in [-0.39, 0.29) is 6.04 Å². The summed E-state index contributed by atoms with van der Waals surface area (Å²) in [6, 6.07) is 4.30. The summed E-state index contributed by atoms with van der Waals surface area (Å²) in [5.41, 5.74) is 6.91. The van der Waals surface area contributed by atoms with Gasteiger partial charge in [-0.05, 0) is 18.4 Å². The number of nitrogens with zero attached hydrogens (tertiary/aromatic N) is 2. The van der Waals surface area contributed by atoms with Crippen molar-refractivity contribution in [3.05, 3.63) is 30.0 Å². The molecule has 1 atom stereocenters. The molecule has 0 aliphatic carbocycles. The van der Waals surface area contributed by atoms with E-state index in [0.29, 0.717) is 0 Å². The molecule has 0 saturated carbocycles. The highest BCUT2D eigenvalue weighted by Crippen LogP contribution is 2.24. The molecule has 14 heavy (non-hydrogen) atoms. The van der Waals surface area contributed by atoms with Gasteiger partial charge in [-0.25, -0.2) is 4.98 Å². The van der Waals surface area contributed by atoms with Crippen molar-refractivity contribution in [3.63, 3.8) is 0 Å². The zero-order valence-corrected chi connectivity index (χ0v) is 8.87. The molecule has 0 spiro atoms. The van der Waals surface area contributed by atoms with Crippen LogP contribution < -0.4 is 5.73 Å². The van der Waals surface area contributed by atoms with Crippen molar-refractivity contribution in [2.24, 2.45) is 5.73 Å². The van der Waals surface area contributed by atoms with Crippen LogP contribution in [-0.2, 0) is 6.54 Å². The number of aromatic nitrogens is 2. The minimum Gasteiger partial charge on any atom is -0.328 e. The van der Waals surface area contributed by atoms with Crippen LogP contribution in [0.2, 0.25) is 0 Å². The molecule has 0 aromatic carbocycles. The number of imidazole rings is 1. The van der Waals surface area contributed by atoms with Crippen molar-refractivity contribution in [3.8, 4) is 10.6 Å². The minimum atomic E-state index is 0.155. The van der Waals surface area contributed by atoms with Gasteiger partial charge in [-0.15, -0.1) is 11.3 Å². The van der Waals surface area contributed by atoms with Gasteiger partial charge in [-0.3, -0.25) is 0 Å². The van der Waals surface area contributed by atoms with Gasteiger partial charge in [0.15, 0.2) is 0 Å². The molecular formula is C10H13N3S. The second kappa shape index (κ2) is 3.94. The lowest BCUT2D eigenvalue weighted by atomic mass is 10.3. The van der Waals surface area contributed by atoms with E-state index in [2.05, 4.69) is 21.0 Å². The van der Waals surface area contributed by atoms with Gasteiger partial charge < -0.3 is 10.3 Å². The van der Waals surface area contributed by atoms with Crippen molar-refractivity contribution in [1.82, 2.24) is 9.55 Å². The van der Waals surface area contributed by atoms with E-state index in [9.17, 15) is 0 Å². The predicted molar refractivity (Wildman–Crippen MR) is 59.2 cm³/mol. The van der Waals surface area contributed by atoms with Gasteiger partial charge in [-0.1, -0.05) is 6.07 Å². The molecule has 2 heterocycles. The summed E-state index contributed by atoms with van der Waals surface area (Å²) in [4.78, 5) is 5.38. The zero-order valence-electron chi connectivity index (χ0n) is 8.05. The Kier molecular flexibility index (Phi) is 2.65. The summed E-state index contributed by atoms with van der Waals surface area (Å²) in [7, 11) is 0. The Balaban J connectivity index is 2.30. The third-order valence-electron chi connectivity index (χ3n) is 1.97. The van der Waals surface area contributed by atoms with Crippen molar-refractivity contribution in [2.75, 3.05) is 0 Å². The standard InChI is InChI=1S/C10H13N3S/c1-8(11)6-13-7-12-5-9(13)10-3-2-4-14-10/h2-5,7-8H,6,11H2,1H3. The van der Waals surface area contributed by atoms with E-state index in [4.69, 9.17) is 5.73 Å². The quantitative estimate of drug-likeness (QED) is 0.836. The number of nitrogens with two attached hydrogens (primary N) is 1. The van der Waals surface area contributed by atoms with E-state index in [1.807, 2.05) is 25.5 Å². The summed E-state index contributed by atoms with van der Waals surface area (Å²) in [5, 5.41) is 2.07. The molecule has 0 aliphatic rings. The topological polar surface area (TPSA) is 43.8 Å². The van der Waals surface area contributed by atoms with Crippen LogP contribution in [-0.4, -0.2) is 15.6 Å². The van der Waals surface area contributed by atoms with E-state index < -0.39 is 0 Å². The van der Waals surface area contributed by atoms with Gasteiger partial charge in [0.05, 0.1) is 23.1 Å². The molecule has 0 fully saturated rings. The zero-order chi connectivity index (χ0) is 9.97. The Morgan fingerprint density at radius 1 is 1.64 bits per heavy atom. The summed E-state index contributed by atoms with van der Waals surface area (Å²) in [6.07, 6.45) is 3.71. The second-order valence-electron chi connectivity index (χ2n) is 3.39. The van der Waals surface area contributed by atoms with Gasteiger partial charge in [0.2, 0.25) is 0 Å². The highest BCUT2D eigenvalue weighted by Gasteiger charge is 2.06. The largest absolute Gasteiger partial charge is 0.328 e. The first-order valence-electron chi connectivity index (χ1n) is 4.57. The molecule has 2 aromatic heterocycles. The van der Waals surface area contributed by atoms with Gasteiger partial charge in [0, 0.05) is 12.6 Å². The Morgan fingerprint density at radius 3 is 3.14 bits per heavy atom. The second-order valence-corrected chi connectivity index (χ2v) is 4.33. The fourth-order valence-corrected chi connectivity index (χ4v) is 2.16. The van der Waals surface area contributed by atoms with E-state index in [1.165, 1.54) is 4.88 Å². The molecular weight excluding hydrogens is 194 g/mol. The van der Waals surface area contributed by atoms with Crippen molar-refractivity contribution in [1.29, 1.82) is 0 Å². The van der Waals surface area contributed by atoms with Crippen LogP contribution in [0.15, 0.2) is 30.0 Å². The molecule has 74 valence electrons. The maximum atomic E-state index is 5.76. The van der Waals surface area contributed by atoms with E-state index >= 15 is 0 Å². The lowest BCUT2D eigenvalue weighted by Gasteiger charge is -2.08. The highest BCUT2D eigenvalue weighted by atomic mass is 32.1. The summed E-state index contributed by atoms with van der Waals surface area (Å²) >= 11 is 1.72. The van der Waals surface area contributed by atoms with E-state index in [0.717, 1.165) is 12.2 Å². The fourth-order valence-electron chi connectivity index (χ4n) is 1.41. The molecule has 0 radical (unpaired) electrons. The SMILES string of the molecule is CC(N)Cn1cncc1-c1cccs1. The normalized spacial score (nSPS) is 13.0. The molecule has 2 aromatic rings.